The van der Waals surface area contributed by atoms with Crippen LogP contribution in [-0.2, 0) is 6.54 Å². The van der Waals surface area contributed by atoms with Crippen LogP contribution in [0.1, 0.15) is 24.8 Å². The molecule has 0 saturated heterocycles. The Labute approximate surface area is 106 Å². The first-order valence-corrected chi connectivity index (χ1v) is 6.64. The van der Waals surface area contributed by atoms with Crippen LogP contribution < -0.4 is 5.32 Å². The fourth-order valence-electron chi connectivity index (χ4n) is 2.18. The van der Waals surface area contributed by atoms with Gasteiger partial charge < -0.3 is 9.80 Å². The van der Waals surface area contributed by atoms with Crippen LogP contribution in [-0.4, -0.2) is 38.7 Å². The Bertz CT molecular complexity index is 293. The molecule has 0 bridgehead atoms. The molecule has 0 aliphatic rings. The fraction of sp³-hybridized carbons (Fsp3) is 0.600. The Morgan fingerprint density at radius 1 is 1.00 bits per heavy atom. The lowest BCUT2D eigenvalue weighted by Gasteiger charge is -2.30. The van der Waals surface area contributed by atoms with Gasteiger partial charge in [0.05, 0.1) is 20.6 Å². The SMILES string of the molecule is CNCCCCC[N+](C)(C)Cc1ccccc1. The van der Waals surface area contributed by atoms with Gasteiger partial charge in [0.2, 0.25) is 0 Å². The minimum Gasteiger partial charge on any atom is -0.325 e. The van der Waals surface area contributed by atoms with Crippen molar-refractivity contribution in [3.63, 3.8) is 0 Å². The summed E-state index contributed by atoms with van der Waals surface area (Å²) in [5.41, 5.74) is 1.44. The largest absolute Gasteiger partial charge is 0.325 e. The summed E-state index contributed by atoms with van der Waals surface area (Å²) in [5, 5.41) is 3.20. The summed E-state index contributed by atoms with van der Waals surface area (Å²) in [6.45, 7) is 3.54. The van der Waals surface area contributed by atoms with Crippen molar-refractivity contribution in [2.24, 2.45) is 0 Å². The number of nitrogens with zero attached hydrogens (tertiary/aromatic N) is 1. The molecule has 1 aromatic rings. The molecule has 96 valence electrons. The van der Waals surface area contributed by atoms with Crippen molar-refractivity contribution < 1.29 is 4.48 Å². The van der Waals surface area contributed by atoms with E-state index in [-0.39, 0.29) is 0 Å². The van der Waals surface area contributed by atoms with Gasteiger partial charge in [-0.15, -0.1) is 0 Å². The molecule has 1 N–H and O–H groups in total. The predicted octanol–water partition coefficient (Wildman–Crippen LogP) is 2.65. The number of unbranched alkanes of at least 4 members (excludes halogenated alkanes) is 2. The first kappa shape index (κ1) is 14.2. The highest BCUT2D eigenvalue weighted by Gasteiger charge is 2.14. The van der Waals surface area contributed by atoms with Crippen molar-refractivity contribution in [1.82, 2.24) is 5.32 Å². The molecule has 0 spiro atoms. The van der Waals surface area contributed by atoms with E-state index in [4.69, 9.17) is 0 Å². The van der Waals surface area contributed by atoms with Crippen LogP contribution in [0.3, 0.4) is 0 Å². The zero-order valence-corrected chi connectivity index (χ0v) is 11.6. The van der Waals surface area contributed by atoms with Crippen molar-refractivity contribution in [2.45, 2.75) is 25.8 Å². The molecule has 0 aliphatic carbocycles. The molecule has 0 radical (unpaired) electrons. The third-order valence-corrected chi connectivity index (χ3v) is 3.14. The molecule has 0 aromatic heterocycles. The van der Waals surface area contributed by atoms with Crippen LogP contribution in [0, 0.1) is 0 Å². The second-order valence-corrected chi connectivity index (χ2v) is 5.47. The number of quaternary nitrogens is 1. The predicted molar refractivity (Wildman–Crippen MR) is 74.9 cm³/mol. The summed E-state index contributed by atoms with van der Waals surface area (Å²) in [4.78, 5) is 0. The molecule has 0 fully saturated rings. The van der Waals surface area contributed by atoms with Gasteiger partial charge in [-0.25, -0.2) is 0 Å². The van der Waals surface area contributed by atoms with Gasteiger partial charge in [-0.05, 0) is 32.9 Å². The fourth-order valence-corrected chi connectivity index (χ4v) is 2.18. The molecule has 17 heavy (non-hydrogen) atoms. The van der Waals surface area contributed by atoms with E-state index >= 15 is 0 Å². The minimum absolute atomic E-state index is 1.09. The van der Waals surface area contributed by atoms with E-state index in [0.717, 1.165) is 17.6 Å². The lowest BCUT2D eigenvalue weighted by molar-refractivity contribution is -0.903. The van der Waals surface area contributed by atoms with Crippen LogP contribution >= 0.6 is 0 Å². The van der Waals surface area contributed by atoms with E-state index in [9.17, 15) is 0 Å². The Hall–Kier alpha value is -0.860. The number of rotatable bonds is 8. The van der Waals surface area contributed by atoms with E-state index in [2.05, 4.69) is 49.7 Å². The second kappa shape index (κ2) is 7.46. The Kier molecular flexibility index (Phi) is 6.23. The highest BCUT2D eigenvalue weighted by Crippen LogP contribution is 2.11. The summed E-state index contributed by atoms with van der Waals surface area (Å²) in [5.74, 6) is 0. The molecule has 2 heteroatoms. The zero-order chi connectivity index (χ0) is 12.6. The van der Waals surface area contributed by atoms with Gasteiger partial charge in [0.1, 0.15) is 6.54 Å². The maximum absolute atomic E-state index is 3.20. The van der Waals surface area contributed by atoms with Crippen molar-refractivity contribution in [3.05, 3.63) is 35.9 Å². The smallest absolute Gasteiger partial charge is 0.104 e. The van der Waals surface area contributed by atoms with E-state index in [1.54, 1.807) is 0 Å². The molecule has 0 saturated carbocycles. The second-order valence-electron chi connectivity index (χ2n) is 5.47. The van der Waals surface area contributed by atoms with Crippen molar-refractivity contribution >= 4 is 0 Å². The average Bonchev–Trinajstić information content (AvgIpc) is 2.29. The molecule has 1 rings (SSSR count). The van der Waals surface area contributed by atoms with Gasteiger partial charge in [0, 0.05) is 5.56 Å². The maximum Gasteiger partial charge on any atom is 0.104 e. The van der Waals surface area contributed by atoms with Gasteiger partial charge in [0.15, 0.2) is 0 Å². The molecule has 0 unspecified atom stereocenters. The van der Waals surface area contributed by atoms with Crippen LogP contribution in [0.2, 0.25) is 0 Å². The van der Waals surface area contributed by atoms with Crippen molar-refractivity contribution in [1.29, 1.82) is 0 Å². The summed E-state index contributed by atoms with van der Waals surface area (Å²) in [7, 11) is 6.67. The monoisotopic (exact) mass is 235 g/mol. The van der Waals surface area contributed by atoms with E-state index < -0.39 is 0 Å². The summed E-state index contributed by atoms with van der Waals surface area (Å²) in [6.07, 6.45) is 3.95. The van der Waals surface area contributed by atoms with Crippen LogP contribution in [0.5, 0.6) is 0 Å². The zero-order valence-electron chi connectivity index (χ0n) is 11.6. The Morgan fingerprint density at radius 3 is 2.35 bits per heavy atom. The first-order chi connectivity index (χ1) is 8.14. The molecule has 0 heterocycles. The van der Waals surface area contributed by atoms with Crippen LogP contribution in [0.4, 0.5) is 0 Å². The summed E-state index contributed by atoms with van der Waals surface area (Å²) < 4.78 is 1.09. The number of nitrogens with one attached hydrogen (secondary N) is 1. The van der Waals surface area contributed by atoms with E-state index in [0.29, 0.717) is 0 Å². The number of hydrogen-bond acceptors (Lipinski definition) is 1. The molecule has 0 aliphatic heterocycles. The van der Waals surface area contributed by atoms with Crippen molar-refractivity contribution in [2.75, 3.05) is 34.2 Å². The van der Waals surface area contributed by atoms with Gasteiger partial charge in [-0.2, -0.15) is 0 Å². The number of hydrogen-bond donors (Lipinski definition) is 1. The first-order valence-electron chi connectivity index (χ1n) is 6.64. The normalized spacial score (nSPS) is 11.7. The van der Waals surface area contributed by atoms with Crippen LogP contribution in [0.15, 0.2) is 30.3 Å². The van der Waals surface area contributed by atoms with Gasteiger partial charge >= 0.3 is 0 Å². The average molecular weight is 235 g/mol. The van der Waals surface area contributed by atoms with Crippen LogP contribution in [0.25, 0.3) is 0 Å². The summed E-state index contributed by atoms with van der Waals surface area (Å²) >= 11 is 0. The molecule has 0 amide bonds. The standard InChI is InChI=1S/C15H27N2/c1-16-12-8-5-9-13-17(2,3)14-15-10-6-4-7-11-15/h4,6-7,10-11,16H,5,8-9,12-14H2,1-3H3/q+1. The Balaban J connectivity index is 2.26. The quantitative estimate of drug-likeness (QED) is 0.539. The van der Waals surface area contributed by atoms with Gasteiger partial charge in [0.25, 0.3) is 0 Å². The third-order valence-electron chi connectivity index (χ3n) is 3.14. The molecule has 2 nitrogen and oxygen atoms in total. The molecule has 0 atom stereocenters. The van der Waals surface area contributed by atoms with E-state index in [1.165, 1.54) is 31.4 Å². The maximum atomic E-state index is 3.20. The van der Waals surface area contributed by atoms with Gasteiger partial charge in [-0.3, -0.25) is 0 Å². The topological polar surface area (TPSA) is 12.0 Å². The number of benzene rings is 1. The third kappa shape index (κ3) is 6.44. The molecular weight excluding hydrogens is 208 g/mol. The highest BCUT2D eigenvalue weighted by atomic mass is 15.3. The minimum atomic E-state index is 1.09. The molecular formula is C15H27N2+. The van der Waals surface area contributed by atoms with Gasteiger partial charge in [-0.1, -0.05) is 30.3 Å². The lowest BCUT2D eigenvalue weighted by Crippen LogP contribution is -2.39. The van der Waals surface area contributed by atoms with Crippen molar-refractivity contribution in [3.8, 4) is 0 Å². The Morgan fingerprint density at radius 2 is 1.71 bits per heavy atom. The highest BCUT2D eigenvalue weighted by molar-refractivity contribution is 5.13. The summed E-state index contributed by atoms with van der Waals surface area (Å²) in [6, 6.07) is 10.8. The molecule has 1 aromatic carbocycles. The lowest BCUT2D eigenvalue weighted by atomic mass is 10.1. The van der Waals surface area contributed by atoms with E-state index in [1.807, 2.05) is 7.05 Å².